The van der Waals surface area contributed by atoms with Crippen LogP contribution < -0.4 is 10.6 Å². The van der Waals surface area contributed by atoms with Crippen molar-refractivity contribution in [2.75, 3.05) is 33.5 Å². The van der Waals surface area contributed by atoms with E-state index in [9.17, 15) is 9.59 Å². The SMILES string of the molecule is CCCC[C@H](NC(=O)NCCCCOCCOC)C(=O)O. The Morgan fingerprint density at radius 3 is 2.52 bits per heavy atom. The number of urea groups is 1. The van der Waals surface area contributed by atoms with Crippen molar-refractivity contribution in [3.8, 4) is 0 Å². The lowest BCUT2D eigenvalue weighted by Gasteiger charge is -2.14. The molecule has 7 heteroatoms. The largest absolute Gasteiger partial charge is 0.480 e. The van der Waals surface area contributed by atoms with Gasteiger partial charge < -0.3 is 25.2 Å². The van der Waals surface area contributed by atoms with Crippen LogP contribution in [0.2, 0.25) is 0 Å². The van der Waals surface area contributed by atoms with Crippen LogP contribution in [0.5, 0.6) is 0 Å². The van der Waals surface area contributed by atoms with Crippen molar-refractivity contribution in [1.29, 1.82) is 0 Å². The molecule has 0 unspecified atom stereocenters. The molecule has 0 rings (SSSR count). The van der Waals surface area contributed by atoms with E-state index in [4.69, 9.17) is 14.6 Å². The highest BCUT2D eigenvalue weighted by Crippen LogP contribution is 2.00. The second kappa shape index (κ2) is 13.6. The van der Waals surface area contributed by atoms with Crippen molar-refractivity contribution in [3.05, 3.63) is 0 Å². The van der Waals surface area contributed by atoms with Gasteiger partial charge in [-0.05, 0) is 19.3 Å². The fourth-order valence-electron chi connectivity index (χ4n) is 1.65. The van der Waals surface area contributed by atoms with Crippen molar-refractivity contribution in [3.63, 3.8) is 0 Å². The summed E-state index contributed by atoms with van der Waals surface area (Å²) in [6.45, 7) is 4.26. The van der Waals surface area contributed by atoms with E-state index in [-0.39, 0.29) is 0 Å². The Morgan fingerprint density at radius 2 is 1.90 bits per heavy atom. The van der Waals surface area contributed by atoms with Gasteiger partial charge in [-0.2, -0.15) is 0 Å². The van der Waals surface area contributed by atoms with Gasteiger partial charge in [-0.15, -0.1) is 0 Å². The van der Waals surface area contributed by atoms with Crippen LogP contribution in [-0.2, 0) is 14.3 Å². The molecule has 1 atom stereocenters. The highest BCUT2D eigenvalue weighted by atomic mass is 16.5. The average Bonchev–Trinajstić information content (AvgIpc) is 2.46. The fraction of sp³-hybridized carbons (Fsp3) is 0.857. The number of carboxylic acids is 1. The third-order valence-corrected chi connectivity index (χ3v) is 2.88. The van der Waals surface area contributed by atoms with Crippen molar-refractivity contribution in [2.24, 2.45) is 0 Å². The normalized spacial score (nSPS) is 11.9. The van der Waals surface area contributed by atoms with Crippen LogP contribution in [0.4, 0.5) is 4.79 Å². The molecule has 0 fully saturated rings. The molecule has 124 valence electrons. The van der Waals surface area contributed by atoms with Gasteiger partial charge in [-0.25, -0.2) is 9.59 Å². The number of hydrogen-bond donors (Lipinski definition) is 3. The zero-order valence-electron chi connectivity index (χ0n) is 13.0. The van der Waals surface area contributed by atoms with Gasteiger partial charge in [0.1, 0.15) is 6.04 Å². The maximum Gasteiger partial charge on any atom is 0.326 e. The lowest BCUT2D eigenvalue weighted by Crippen LogP contribution is -2.46. The first-order valence-corrected chi connectivity index (χ1v) is 7.45. The third-order valence-electron chi connectivity index (χ3n) is 2.88. The Balaban J connectivity index is 3.61. The molecular formula is C14H28N2O5. The molecular weight excluding hydrogens is 276 g/mol. The minimum Gasteiger partial charge on any atom is -0.480 e. The summed E-state index contributed by atoms with van der Waals surface area (Å²) < 4.78 is 10.1. The molecule has 0 saturated heterocycles. The Hall–Kier alpha value is -1.34. The number of amides is 2. The van der Waals surface area contributed by atoms with Crippen molar-refractivity contribution in [2.45, 2.75) is 45.1 Å². The standard InChI is InChI=1S/C14H28N2O5/c1-3-4-7-12(13(17)18)16-14(19)15-8-5-6-9-21-11-10-20-2/h12H,3-11H2,1-2H3,(H,17,18)(H2,15,16,19)/t12-/m0/s1. The predicted molar refractivity (Wildman–Crippen MR) is 79.4 cm³/mol. The summed E-state index contributed by atoms with van der Waals surface area (Å²) in [5.74, 6) is -0.995. The van der Waals surface area contributed by atoms with Crippen molar-refractivity contribution >= 4 is 12.0 Å². The fourth-order valence-corrected chi connectivity index (χ4v) is 1.65. The maximum atomic E-state index is 11.6. The number of rotatable bonds is 13. The van der Waals surface area contributed by atoms with Gasteiger partial charge in [0, 0.05) is 20.3 Å². The first-order chi connectivity index (χ1) is 10.1. The van der Waals surface area contributed by atoms with Crippen LogP contribution in [0.3, 0.4) is 0 Å². The molecule has 0 aromatic carbocycles. The summed E-state index contributed by atoms with van der Waals surface area (Å²) in [5.41, 5.74) is 0. The first kappa shape index (κ1) is 19.7. The number of aliphatic carboxylic acids is 1. The van der Waals surface area contributed by atoms with E-state index in [0.717, 1.165) is 25.7 Å². The Morgan fingerprint density at radius 1 is 1.14 bits per heavy atom. The second-order valence-electron chi connectivity index (χ2n) is 4.75. The summed E-state index contributed by atoms with van der Waals surface area (Å²) in [4.78, 5) is 22.5. The van der Waals surface area contributed by atoms with Crippen LogP contribution >= 0.6 is 0 Å². The van der Waals surface area contributed by atoms with Crippen LogP contribution in [0.15, 0.2) is 0 Å². The zero-order chi connectivity index (χ0) is 15.9. The van der Waals surface area contributed by atoms with E-state index in [1.54, 1.807) is 7.11 Å². The Kier molecular flexibility index (Phi) is 12.8. The van der Waals surface area contributed by atoms with E-state index in [1.165, 1.54) is 0 Å². The number of ether oxygens (including phenoxy) is 2. The molecule has 0 saturated carbocycles. The third kappa shape index (κ3) is 12.1. The highest BCUT2D eigenvalue weighted by molar-refractivity contribution is 5.82. The van der Waals surface area contributed by atoms with E-state index in [0.29, 0.717) is 32.8 Å². The molecule has 0 aliphatic carbocycles. The van der Waals surface area contributed by atoms with Crippen LogP contribution in [0.25, 0.3) is 0 Å². The van der Waals surface area contributed by atoms with E-state index < -0.39 is 18.0 Å². The second-order valence-corrected chi connectivity index (χ2v) is 4.75. The monoisotopic (exact) mass is 304 g/mol. The number of nitrogens with one attached hydrogen (secondary N) is 2. The molecule has 0 radical (unpaired) electrons. The molecule has 3 N–H and O–H groups in total. The van der Waals surface area contributed by atoms with Gasteiger partial charge in [0.2, 0.25) is 0 Å². The molecule has 0 heterocycles. The van der Waals surface area contributed by atoms with Gasteiger partial charge in [-0.3, -0.25) is 0 Å². The molecule has 7 nitrogen and oxygen atoms in total. The highest BCUT2D eigenvalue weighted by Gasteiger charge is 2.18. The minimum atomic E-state index is -0.995. The summed E-state index contributed by atoms with van der Waals surface area (Å²) >= 11 is 0. The average molecular weight is 304 g/mol. The lowest BCUT2D eigenvalue weighted by atomic mass is 10.1. The number of hydrogen-bond acceptors (Lipinski definition) is 4. The Labute approximate surface area is 126 Å². The van der Waals surface area contributed by atoms with Gasteiger partial charge in [0.05, 0.1) is 13.2 Å². The van der Waals surface area contributed by atoms with Gasteiger partial charge in [0.15, 0.2) is 0 Å². The number of carboxylic acid groups (broad SMARTS) is 1. The van der Waals surface area contributed by atoms with Crippen LogP contribution in [0.1, 0.15) is 39.0 Å². The van der Waals surface area contributed by atoms with Crippen molar-refractivity contribution in [1.82, 2.24) is 10.6 Å². The maximum absolute atomic E-state index is 11.6. The van der Waals surface area contributed by atoms with E-state index >= 15 is 0 Å². The molecule has 2 amide bonds. The quantitative estimate of drug-likeness (QED) is 0.447. The number of unbranched alkanes of at least 4 members (excludes halogenated alkanes) is 2. The number of carbonyl (C=O) groups excluding carboxylic acids is 1. The molecule has 21 heavy (non-hydrogen) atoms. The van der Waals surface area contributed by atoms with Crippen LogP contribution in [0, 0.1) is 0 Å². The summed E-state index contributed by atoms with van der Waals surface area (Å²) in [5, 5.41) is 14.1. The number of methoxy groups -OCH3 is 1. The molecule has 0 bridgehead atoms. The Bertz CT molecular complexity index is 287. The van der Waals surface area contributed by atoms with Gasteiger partial charge in [0.25, 0.3) is 0 Å². The molecule has 0 aliphatic rings. The minimum absolute atomic E-state index is 0.432. The number of carbonyl (C=O) groups is 2. The van der Waals surface area contributed by atoms with Gasteiger partial charge in [-0.1, -0.05) is 19.8 Å². The molecule has 0 aromatic rings. The molecule has 0 spiro atoms. The van der Waals surface area contributed by atoms with Gasteiger partial charge >= 0.3 is 12.0 Å². The predicted octanol–water partition coefficient (Wildman–Crippen LogP) is 1.37. The zero-order valence-corrected chi connectivity index (χ0v) is 13.0. The van der Waals surface area contributed by atoms with E-state index in [2.05, 4.69) is 10.6 Å². The first-order valence-electron chi connectivity index (χ1n) is 7.45. The lowest BCUT2D eigenvalue weighted by molar-refractivity contribution is -0.139. The summed E-state index contributed by atoms with van der Waals surface area (Å²) in [7, 11) is 1.62. The smallest absolute Gasteiger partial charge is 0.326 e. The van der Waals surface area contributed by atoms with Crippen LogP contribution in [-0.4, -0.2) is 56.6 Å². The molecule has 0 aromatic heterocycles. The van der Waals surface area contributed by atoms with E-state index in [1.807, 2.05) is 6.92 Å². The molecule has 0 aliphatic heterocycles. The topological polar surface area (TPSA) is 96.9 Å². The summed E-state index contributed by atoms with van der Waals surface area (Å²) in [6.07, 6.45) is 3.74. The van der Waals surface area contributed by atoms with Crippen molar-refractivity contribution < 1.29 is 24.2 Å². The summed E-state index contributed by atoms with van der Waals surface area (Å²) in [6, 6.07) is -1.25.